The Labute approximate surface area is 200 Å². The third-order valence-electron chi connectivity index (χ3n) is 5.02. The molecule has 0 bridgehead atoms. The van der Waals surface area contributed by atoms with Crippen LogP contribution in [0.1, 0.15) is 36.7 Å². The lowest BCUT2D eigenvalue weighted by molar-refractivity contribution is -0.124. The topological polar surface area (TPSA) is 115 Å². The van der Waals surface area contributed by atoms with Crippen molar-refractivity contribution in [2.45, 2.75) is 33.4 Å². The predicted octanol–water partition coefficient (Wildman–Crippen LogP) is 2.29. The molecule has 2 aromatic rings. The van der Waals surface area contributed by atoms with Crippen LogP contribution in [0.2, 0.25) is 0 Å². The standard InChI is InChI=1S/C25H33N3O6/c1-6-26-22(29)15-34-20-12-7-17(13-21(20)33-5)14-27-25(31)23(16(2)3)28-24(30)18-8-10-19(32-4)11-9-18/h7-13,16,23H,6,14-15H2,1-5H3,(H,26,29)(H,27,31)(H,28,30). The first kappa shape index (κ1) is 26.5. The Morgan fingerprint density at radius 1 is 0.912 bits per heavy atom. The minimum atomic E-state index is -0.712. The molecule has 3 amide bonds. The molecule has 0 aliphatic heterocycles. The molecule has 0 aromatic heterocycles. The first-order chi connectivity index (χ1) is 16.3. The largest absolute Gasteiger partial charge is 0.497 e. The van der Waals surface area contributed by atoms with Crippen molar-refractivity contribution in [3.05, 3.63) is 53.6 Å². The zero-order chi connectivity index (χ0) is 25.1. The Hall–Kier alpha value is -3.75. The Bertz CT molecular complexity index is 975. The summed E-state index contributed by atoms with van der Waals surface area (Å²) in [7, 11) is 3.05. The van der Waals surface area contributed by atoms with E-state index in [1.54, 1.807) is 49.6 Å². The highest BCUT2D eigenvalue weighted by Gasteiger charge is 2.24. The van der Waals surface area contributed by atoms with E-state index in [0.29, 0.717) is 29.4 Å². The zero-order valence-corrected chi connectivity index (χ0v) is 20.3. The Kier molecular flexibility index (Phi) is 10.2. The van der Waals surface area contributed by atoms with Gasteiger partial charge in [-0.05, 0) is 54.8 Å². The van der Waals surface area contributed by atoms with E-state index in [9.17, 15) is 14.4 Å². The summed E-state index contributed by atoms with van der Waals surface area (Å²) < 4.78 is 16.0. The van der Waals surface area contributed by atoms with Crippen molar-refractivity contribution in [3.63, 3.8) is 0 Å². The molecule has 0 aliphatic rings. The number of hydrogen-bond acceptors (Lipinski definition) is 6. The number of amides is 3. The lowest BCUT2D eigenvalue weighted by Crippen LogP contribution is -2.49. The summed E-state index contributed by atoms with van der Waals surface area (Å²) >= 11 is 0. The van der Waals surface area contributed by atoms with Gasteiger partial charge in [-0.1, -0.05) is 19.9 Å². The number of benzene rings is 2. The number of hydrogen-bond donors (Lipinski definition) is 3. The molecule has 1 atom stereocenters. The predicted molar refractivity (Wildman–Crippen MR) is 128 cm³/mol. The fraction of sp³-hybridized carbons (Fsp3) is 0.400. The number of carbonyl (C=O) groups excluding carboxylic acids is 3. The minimum Gasteiger partial charge on any atom is -0.497 e. The fourth-order valence-corrected chi connectivity index (χ4v) is 3.13. The van der Waals surface area contributed by atoms with Gasteiger partial charge in [0.15, 0.2) is 18.1 Å². The van der Waals surface area contributed by atoms with Gasteiger partial charge in [0.25, 0.3) is 11.8 Å². The van der Waals surface area contributed by atoms with Crippen LogP contribution >= 0.6 is 0 Å². The van der Waals surface area contributed by atoms with E-state index in [1.165, 1.54) is 7.11 Å². The number of methoxy groups -OCH3 is 2. The van der Waals surface area contributed by atoms with Crippen LogP contribution in [-0.4, -0.2) is 51.1 Å². The molecular weight excluding hydrogens is 438 g/mol. The number of carbonyl (C=O) groups is 3. The fourth-order valence-electron chi connectivity index (χ4n) is 3.13. The lowest BCUT2D eigenvalue weighted by atomic mass is 10.0. The van der Waals surface area contributed by atoms with Crippen molar-refractivity contribution in [2.75, 3.05) is 27.4 Å². The normalized spacial score (nSPS) is 11.4. The number of nitrogens with one attached hydrogen (secondary N) is 3. The quantitative estimate of drug-likeness (QED) is 0.438. The first-order valence-corrected chi connectivity index (χ1v) is 11.1. The second-order valence-corrected chi connectivity index (χ2v) is 7.87. The molecule has 0 saturated heterocycles. The third kappa shape index (κ3) is 7.68. The Morgan fingerprint density at radius 3 is 2.21 bits per heavy atom. The van der Waals surface area contributed by atoms with E-state index >= 15 is 0 Å². The molecule has 0 heterocycles. The SMILES string of the molecule is CCNC(=O)COc1ccc(CNC(=O)C(NC(=O)c2ccc(OC)cc2)C(C)C)cc1OC. The maximum Gasteiger partial charge on any atom is 0.257 e. The van der Waals surface area contributed by atoms with Crippen LogP contribution in [-0.2, 0) is 16.1 Å². The summed E-state index contributed by atoms with van der Waals surface area (Å²) in [5.74, 6) is 0.531. The van der Waals surface area contributed by atoms with Crippen LogP contribution < -0.4 is 30.2 Å². The van der Waals surface area contributed by atoms with Gasteiger partial charge in [0.2, 0.25) is 5.91 Å². The van der Waals surface area contributed by atoms with Gasteiger partial charge in [-0.3, -0.25) is 14.4 Å². The highest BCUT2D eigenvalue weighted by Crippen LogP contribution is 2.28. The van der Waals surface area contributed by atoms with E-state index in [1.807, 2.05) is 20.8 Å². The molecule has 2 aromatic carbocycles. The summed E-state index contributed by atoms with van der Waals surface area (Å²) in [6.45, 7) is 6.19. The molecule has 0 saturated carbocycles. The molecule has 2 rings (SSSR count). The zero-order valence-electron chi connectivity index (χ0n) is 20.3. The maximum atomic E-state index is 12.8. The average molecular weight is 472 g/mol. The molecule has 0 radical (unpaired) electrons. The molecule has 9 heteroatoms. The molecular formula is C25H33N3O6. The third-order valence-corrected chi connectivity index (χ3v) is 5.02. The van der Waals surface area contributed by atoms with Crippen molar-refractivity contribution in [1.29, 1.82) is 0 Å². The molecule has 3 N–H and O–H groups in total. The van der Waals surface area contributed by atoms with E-state index < -0.39 is 6.04 Å². The van der Waals surface area contributed by atoms with Crippen LogP contribution in [0.5, 0.6) is 17.2 Å². The number of rotatable bonds is 12. The summed E-state index contributed by atoms with van der Waals surface area (Å²) in [6, 6.07) is 11.1. The van der Waals surface area contributed by atoms with Gasteiger partial charge < -0.3 is 30.2 Å². The van der Waals surface area contributed by atoms with Gasteiger partial charge in [0.1, 0.15) is 11.8 Å². The van der Waals surface area contributed by atoms with Crippen molar-refractivity contribution < 1.29 is 28.6 Å². The molecule has 0 aliphatic carbocycles. The van der Waals surface area contributed by atoms with Crippen molar-refractivity contribution in [3.8, 4) is 17.2 Å². The molecule has 9 nitrogen and oxygen atoms in total. The highest BCUT2D eigenvalue weighted by atomic mass is 16.5. The van der Waals surface area contributed by atoms with E-state index in [-0.39, 0.29) is 36.8 Å². The van der Waals surface area contributed by atoms with Gasteiger partial charge in [0.05, 0.1) is 14.2 Å². The maximum absolute atomic E-state index is 12.8. The molecule has 34 heavy (non-hydrogen) atoms. The first-order valence-electron chi connectivity index (χ1n) is 11.1. The highest BCUT2D eigenvalue weighted by molar-refractivity contribution is 5.97. The second-order valence-electron chi connectivity index (χ2n) is 7.87. The van der Waals surface area contributed by atoms with E-state index in [4.69, 9.17) is 14.2 Å². The van der Waals surface area contributed by atoms with Gasteiger partial charge in [-0.2, -0.15) is 0 Å². The van der Waals surface area contributed by atoms with Gasteiger partial charge >= 0.3 is 0 Å². The summed E-state index contributed by atoms with van der Waals surface area (Å²) in [4.78, 5) is 37.1. The molecule has 184 valence electrons. The van der Waals surface area contributed by atoms with Gasteiger partial charge in [-0.15, -0.1) is 0 Å². The van der Waals surface area contributed by atoms with Crippen molar-refractivity contribution in [2.24, 2.45) is 5.92 Å². The molecule has 0 fully saturated rings. The van der Waals surface area contributed by atoms with Crippen molar-refractivity contribution in [1.82, 2.24) is 16.0 Å². The van der Waals surface area contributed by atoms with Crippen LogP contribution in [0, 0.1) is 5.92 Å². The van der Waals surface area contributed by atoms with E-state index in [0.717, 1.165) is 5.56 Å². The summed E-state index contributed by atoms with van der Waals surface area (Å²) in [5.41, 5.74) is 1.21. The smallest absolute Gasteiger partial charge is 0.257 e. The van der Waals surface area contributed by atoms with Crippen LogP contribution in [0.3, 0.4) is 0 Å². The second kappa shape index (κ2) is 13.1. The Morgan fingerprint density at radius 2 is 1.62 bits per heavy atom. The summed E-state index contributed by atoms with van der Waals surface area (Å²) in [6.07, 6.45) is 0. The monoisotopic (exact) mass is 471 g/mol. The molecule has 0 spiro atoms. The van der Waals surface area contributed by atoms with Crippen LogP contribution in [0.4, 0.5) is 0 Å². The average Bonchev–Trinajstić information content (AvgIpc) is 2.84. The van der Waals surface area contributed by atoms with Gasteiger partial charge in [0, 0.05) is 18.7 Å². The minimum absolute atomic E-state index is 0.121. The van der Waals surface area contributed by atoms with Crippen LogP contribution in [0.15, 0.2) is 42.5 Å². The molecule has 1 unspecified atom stereocenters. The summed E-state index contributed by atoms with van der Waals surface area (Å²) in [5, 5.41) is 8.32. The van der Waals surface area contributed by atoms with Crippen LogP contribution in [0.25, 0.3) is 0 Å². The lowest BCUT2D eigenvalue weighted by Gasteiger charge is -2.22. The number of likely N-dealkylation sites (N-methyl/N-ethyl adjacent to an activating group) is 1. The van der Waals surface area contributed by atoms with Crippen molar-refractivity contribution >= 4 is 17.7 Å². The number of ether oxygens (including phenoxy) is 3. The van der Waals surface area contributed by atoms with Gasteiger partial charge in [-0.25, -0.2) is 0 Å². The Balaban J connectivity index is 1.99. The van der Waals surface area contributed by atoms with E-state index in [2.05, 4.69) is 16.0 Å².